The van der Waals surface area contributed by atoms with Crippen molar-refractivity contribution >= 4 is 5.95 Å². The van der Waals surface area contributed by atoms with E-state index in [0.29, 0.717) is 5.95 Å². The number of hydrogen-bond donors (Lipinski definition) is 1. The van der Waals surface area contributed by atoms with Gasteiger partial charge < -0.3 is 5.32 Å². The molecule has 0 radical (unpaired) electrons. The molecule has 2 aromatic rings. The van der Waals surface area contributed by atoms with E-state index in [1.54, 1.807) is 19.4 Å². The average molecular weight is 200 g/mol. The van der Waals surface area contributed by atoms with Crippen molar-refractivity contribution in [2.75, 3.05) is 12.4 Å². The summed E-state index contributed by atoms with van der Waals surface area (Å²) < 4.78 is 0. The predicted octanol–water partition coefficient (Wildman–Crippen LogP) is 1.89. The van der Waals surface area contributed by atoms with Gasteiger partial charge in [0, 0.05) is 31.2 Å². The molecule has 0 saturated carbocycles. The first-order valence-electron chi connectivity index (χ1n) is 4.73. The van der Waals surface area contributed by atoms with Crippen molar-refractivity contribution in [3.8, 4) is 11.3 Å². The van der Waals surface area contributed by atoms with Gasteiger partial charge in [-0.2, -0.15) is 0 Å². The number of nitrogens with zero attached hydrogens (tertiary/aromatic N) is 3. The van der Waals surface area contributed by atoms with Crippen LogP contribution in [0.1, 0.15) is 5.56 Å². The lowest BCUT2D eigenvalue weighted by atomic mass is 10.1. The van der Waals surface area contributed by atoms with Gasteiger partial charge in [-0.05, 0) is 24.6 Å². The van der Waals surface area contributed by atoms with Gasteiger partial charge in [-0.1, -0.05) is 0 Å². The Morgan fingerprint density at radius 1 is 1.20 bits per heavy atom. The van der Waals surface area contributed by atoms with Crippen LogP contribution in [0.15, 0.2) is 30.7 Å². The molecule has 2 heterocycles. The fraction of sp³-hybridized carbons (Fsp3) is 0.182. The van der Waals surface area contributed by atoms with Gasteiger partial charge in [0.2, 0.25) is 5.95 Å². The summed E-state index contributed by atoms with van der Waals surface area (Å²) in [5, 5.41) is 2.92. The summed E-state index contributed by atoms with van der Waals surface area (Å²) in [4.78, 5) is 12.5. The second kappa shape index (κ2) is 4.04. The topological polar surface area (TPSA) is 50.7 Å². The minimum Gasteiger partial charge on any atom is -0.357 e. The molecule has 76 valence electrons. The fourth-order valence-electron chi connectivity index (χ4n) is 1.39. The molecule has 1 N–H and O–H groups in total. The van der Waals surface area contributed by atoms with E-state index in [2.05, 4.69) is 20.3 Å². The molecule has 0 bridgehead atoms. The third-order valence-electron chi connectivity index (χ3n) is 2.18. The Morgan fingerprint density at radius 2 is 2.07 bits per heavy atom. The summed E-state index contributed by atoms with van der Waals surface area (Å²) >= 11 is 0. The fourth-order valence-corrected chi connectivity index (χ4v) is 1.39. The van der Waals surface area contributed by atoms with Crippen molar-refractivity contribution in [3.05, 3.63) is 36.3 Å². The first kappa shape index (κ1) is 9.58. The Morgan fingerprint density at radius 3 is 2.80 bits per heavy atom. The Labute approximate surface area is 88.4 Å². The van der Waals surface area contributed by atoms with Crippen LogP contribution in [-0.2, 0) is 0 Å². The Kier molecular flexibility index (Phi) is 2.58. The van der Waals surface area contributed by atoms with E-state index < -0.39 is 0 Å². The van der Waals surface area contributed by atoms with Gasteiger partial charge in [-0.15, -0.1) is 0 Å². The van der Waals surface area contributed by atoms with Crippen molar-refractivity contribution in [2.45, 2.75) is 6.92 Å². The monoisotopic (exact) mass is 200 g/mol. The molecule has 2 rings (SSSR count). The summed E-state index contributed by atoms with van der Waals surface area (Å²) in [5.74, 6) is 0.628. The number of aryl methyl sites for hydroxylation is 1. The van der Waals surface area contributed by atoms with Crippen LogP contribution in [-0.4, -0.2) is 22.0 Å². The van der Waals surface area contributed by atoms with Crippen molar-refractivity contribution in [3.63, 3.8) is 0 Å². The summed E-state index contributed by atoms with van der Waals surface area (Å²) in [6.07, 6.45) is 5.34. The third kappa shape index (κ3) is 1.93. The number of pyridine rings is 1. The lowest BCUT2D eigenvalue weighted by molar-refractivity contribution is 1.15. The van der Waals surface area contributed by atoms with Gasteiger partial charge in [0.1, 0.15) is 0 Å². The zero-order valence-electron chi connectivity index (χ0n) is 8.73. The van der Waals surface area contributed by atoms with Crippen molar-refractivity contribution in [2.24, 2.45) is 0 Å². The minimum absolute atomic E-state index is 0.628. The minimum atomic E-state index is 0.628. The van der Waals surface area contributed by atoms with Crippen molar-refractivity contribution < 1.29 is 0 Å². The summed E-state index contributed by atoms with van der Waals surface area (Å²) in [7, 11) is 1.80. The quantitative estimate of drug-likeness (QED) is 0.804. The van der Waals surface area contributed by atoms with E-state index in [1.807, 2.05) is 25.3 Å². The summed E-state index contributed by atoms with van der Waals surface area (Å²) in [6.45, 7) is 2.02. The molecule has 0 unspecified atom stereocenters. The van der Waals surface area contributed by atoms with Gasteiger partial charge >= 0.3 is 0 Å². The zero-order chi connectivity index (χ0) is 10.7. The smallest absolute Gasteiger partial charge is 0.222 e. The highest BCUT2D eigenvalue weighted by Crippen LogP contribution is 2.20. The van der Waals surface area contributed by atoms with Crippen LogP contribution in [0.25, 0.3) is 11.3 Å². The van der Waals surface area contributed by atoms with Gasteiger partial charge in [0.25, 0.3) is 0 Å². The molecule has 0 spiro atoms. The second-order valence-corrected chi connectivity index (χ2v) is 3.21. The van der Waals surface area contributed by atoms with Crippen LogP contribution >= 0.6 is 0 Å². The molecule has 0 amide bonds. The van der Waals surface area contributed by atoms with E-state index in [9.17, 15) is 0 Å². The number of anilines is 1. The molecule has 0 aliphatic rings. The van der Waals surface area contributed by atoms with E-state index in [-0.39, 0.29) is 0 Å². The SMILES string of the molecule is CNc1nccc(-c2ccncc2C)n1. The van der Waals surface area contributed by atoms with E-state index in [0.717, 1.165) is 16.8 Å². The maximum atomic E-state index is 4.37. The number of rotatable bonds is 2. The standard InChI is InChI=1S/C11H12N4/c1-8-7-13-5-3-9(8)10-4-6-14-11(12-2)15-10/h3-7H,1-2H3,(H,12,14,15). The van der Waals surface area contributed by atoms with Crippen LogP contribution in [0.3, 0.4) is 0 Å². The Balaban J connectivity index is 2.49. The van der Waals surface area contributed by atoms with Gasteiger partial charge in [-0.25, -0.2) is 9.97 Å². The molecule has 0 saturated heterocycles. The lowest BCUT2D eigenvalue weighted by Gasteiger charge is -2.05. The molecule has 15 heavy (non-hydrogen) atoms. The maximum absolute atomic E-state index is 4.37. The first-order chi connectivity index (χ1) is 7.31. The zero-order valence-corrected chi connectivity index (χ0v) is 8.73. The second-order valence-electron chi connectivity index (χ2n) is 3.21. The largest absolute Gasteiger partial charge is 0.357 e. The molecule has 4 heteroatoms. The molecule has 4 nitrogen and oxygen atoms in total. The number of aromatic nitrogens is 3. The molecule has 0 atom stereocenters. The highest BCUT2D eigenvalue weighted by atomic mass is 15.1. The number of hydrogen-bond acceptors (Lipinski definition) is 4. The van der Waals surface area contributed by atoms with Crippen LogP contribution in [0.2, 0.25) is 0 Å². The highest BCUT2D eigenvalue weighted by molar-refractivity contribution is 5.63. The maximum Gasteiger partial charge on any atom is 0.222 e. The van der Waals surface area contributed by atoms with Crippen molar-refractivity contribution in [1.29, 1.82) is 0 Å². The van der Waals surface area contributed by atoms with Crippen LogP contribution in [0.4, 0.5) is 5.95 Å². The highest BCUT2D eigenvalue weighted by Gasteiger charge is 2.03. The van der Waals surface area contributed by atoms with E-state index in [4.69, 9.17) is 0 Å². The van der Waals surface area contributed by atoms with Gasteiger partial charge in [-0.3, -0.25) is 4.98 Å². The van der Waals surface area contributed by atoms with Gasteiger partial charge in [0.15, 0.2) is 0 Å². The molecule has 0 aliphatic heterocycles. The third-order valence-corrected chi connectivity index (χ3v) is 2.18. The molecular formula is C11H12N4. The predicted molar refractivity (Wildman–Crippen MR) is 59.5 cm³/mol. The number of nitrogens with one attached hydrogen (secondary N) is 1. The van der Waals surface area contributed by atoms with Crippen molar-refractivity contribution in [1.82, 2.24) is 15.0 Å². The lowest BCUT2D eigenvalue weighted by Crippen LogP contribution is -1.97. The molecule has 0 aliphatic carbocycles. The summed E-state index contributed by atoms with van der Waals surface area (Å²) in [6, 6.07) is 3.85. The normalized spacial score (nSPS) is 10.0. The molecule has 0 aromatic carbocycles. The van der Waals surface area contributed by atoms with Crippen LogP contribution < -0.4 is 5.32 Å². The van der Waals surface area contributed by atoms with E-state index >= 15 is 0 Å². The first-order valence-corrected chi connectivity index (χ1v) is 4.73. The molecular weight excluding hydrogens is 188 g/mol. The average Bonchev–Trinajstić information content (AvgIpc) is 2.30. The van der Waals surface area contributed by atoms with Crippen LogP contribution in [0.5, 0.6) is 0 Å². The van der Waals surface area contributed by atoms with Crippen LogP contribution in [0, 0.1) is 6.92 Å². The van der Waals surface area contributed by atoms with Gasteiger partial charge in [0.05, 0.1) is 5.69 Å². The summed E-state index contributed by atoms with van der Waals surface area (Å²) in [5.41, 5.74) is 3.11. The Bertz CT molecular complexity index is 468. The molecule has 2 aromatic heterocycles. The molecule has 0 fully saturated rings. The van der Waals surface area contributed by atoms with E-state index in [1.165, 1.54) is 0 Å². The Hall–Kier alpha value is -1.97.